The van der Waals surface area contributed by atoms with Crippen molar-refractivity contribution in [3.63, 3.8) is 0 Å². The van der Waals surface area contributed by atoms with Gasteiger partial charge < -0.3 is 5.11 Å². The van der Waals surface area contributed by atoms with Gasteiger partial charge in [-0.1, -0.05) is 31.2 Å². The van der Waals surface area contributed by atoms with Crippen LogP contribution in [0.1, 0.15) is 76.2 Å². The largest absolute Gasteiger partial charge is 0.385 e. The lowest BCUT2D eigenvalue weighted by molar-refractivity contribution is 0.00246. The van der Waals surface area contributed by atoms with Crippen LogP contribution in [0.3, 0.4) is 0 Å². The van der Waals surface area contributed by atoms with Crippen LogP contribution in [0, 0.1) is 17.3 Å². The van der Waals surface area contributed by atoms with Crippen LogP contribution < -0.4 is 0 Å². The molecule has 4 heteroatoms. The summed E-state index contributed by atoms with van der Waals surface area (Å²) >= 11 is 0. The molecule has 2 heterocycles. The monoisotopic (exact) mass is 486 g/mol. The Morgan fingerprint density at radius 1 is 1.08 bits per heavy atom. The summed E-state index contributed by atoms with van der Waals surface area (Å²) in [5.41, 5.74) is 3.76. The lowest BCUT2D eigenvalue weighted by Crippen LogP contribution is -2.46. The van der Waals surface area contributed by atoms with E-state index in [-0.39, 0.29) is 5.41 Å². The average Bonchev–Trinajstić information content (AvgIpc) is 3.43. The van der Waals surface area contributed by atoms with Crippen molar-refractivity contribution in [2.24, 2.45) is 17.3 Å². The van der Waals surface area contributed by atoms with Gasteiger partial charge in [-0.05, 0) is 115 Å². The van der Waals surface area contributed by atoms with E-state index < -0.39 is 11.8 Å². The van der Waals surface area contributed by atoms with Crippen LogP contribution >= 0.6 is 0 Å². The molecular formula is C32H39FN2O. The molecule has 0 radical (unpaired) electrons. The summed E-state index contributed by atoms with van der Waals surface area (Å²) < 4.78 is 13.9. The number of nitrogens with zero attached hydrogens (tertiary/aromatic N) is 2. The molecule has 1 aliphatic heterocycles. The lowest BCUT2D eigenvalue weighted by atomic mass is 9.60. The molecule has 7 atom stereocenters. The van der Waals surface area contributed by atoms with Gasteiger partial charge >= 0.3 is 0 Å². The summed E-state index contributed by atoms with van der Waals surface area (Å²) in [6.45, 7) is 3.94. The summed E-state index contributed by atoms with van der Waals surface area (Å²) in [5.74, 6) is 1.77. The van der Waals surface area contributed by atoms with E-state index in [0.29, 0.717) is 36.8 Å². The first-order valence-electron chi connectivity index (χ1n) is 14.3. The Morgan fingerprint density at radius 3 is 2.86 bits per heavy atom. The lowest BCUT2D eigenvalue weighted by Gasteiger charge is -2.44. The molecule has 0 amide bonds. The van der Waals surface area contributed by atoms with Gasteiger partial charge in [-0.15, -0.1) is 0 Å². The van der Waals surface area contributed by atoms with Crippen molar-refractivity contribution in [2.75, 3.05) is 13.1 Å². The first-order valence-corrected chi connectivity index (χ1v) is 14.3. The fourth-order valence-corrected chi connectivity index (χ4v) is 8.97. The predicted molar refractivity (Wildman–Crippen MR) is 142 cm³/mol. The predicted octanol–water partition coefficient (Wildman–Crippen LogP) is 6.73. The van der Waals surface area contributed by atoms with Crippen molar-refractivity contribution in [1.82, 2.24) is 9.88 Å². The van der Waals surface area contributed by atoms with Crippen molar-refractivity contribution in [1.29, 1.82) is 0 Å². The molecule has 4 aliphatic carbocycles. The average molecular weight is 487 g/mol. The summed E-state index contributed by atoms with van der Waals surface area (Å²) in [6.07, 6.45) is 17.1. The molecule has 3 nitrogen and oxygen atoms in total. The Labute approximate surface area is 214 Å². The molecule has 7 unspecified atom stereocenters. The zero-order valence-corrected chi connectivity index (χ0v) is 21.5. The number of likely N-dealkylation sites (tertiary alicyclic amines) is 1. The third-order valence-corrected chi connectivity index (χ3v) is 11.0. The van der Waals surface area contributed by atoms with Gasteiger partial charge in [-0.25, -0.2) is 4.39 Å². The summed E-state index contributed by atoms with van der Waals surface area (Å²) in [4.78, 5) is 6.67. The highest BCUT2D eigenvalue weighted by Crippen LogP contribution is 2.63. The second-order valence-corrected chi connectivity index (χ2v) is 12.8. The fourth-order valence-electron chi connectivity index (χ4n) is 8.97. The normalized spacial score (nSPS) is 40.7. The number of benzene rings is 1. The van der Waals surface area contributed by atoms with Gasteiger partial charge in [0.15, 0.2) is 0 Å². The molecule has 3 fully saturated rings. The van der Waals surface area contributed by atoms with Crippen LogP contribution in [0.25, 0.3) is 10.8 Å². The van der Waals surface area contributed by atoms with E-state index in [0.717, 1.165) is 45.1 Å². The first kappa shape index (κ1) is 23.1. The molecule has 2 aromatic rings. The molecule has 1 saturated heterocycles. The number of allylic oxidation sites excluding steroid dienone is 3. The van der Waals surface area contributed by atoms with Crippen molar-refractivity contribution >= 4 is 10.8 Å². The number of halogens is 1. The third-order valence-electron chi connectivity index (χ3n) is 11.0. The minimum absolute atomic E-state index is 0.259. The number of aliphatic hydroxyl groups is 1. The number of pyridine rings is 1. The highest BCUT2D eigenvalue weighted by Gasteiger charge is 2.53. The number of fused-ring (bicyclic) bond motifs is 5. The SMILES string of the molecule is CC12CC=C3C=C4CCC(N5CCC(F)C5)CC4(O)CCC3C1CCC2c1ccc2ccncc2c1. The molecule has 1 aromatic carbocycles. The van der Waals surface area contributed by atoms with E-state index in [4.69, 9.17) is 0 Å². The molecule has 2 saturated carbocycles. The molecule has 5 aliphatic rings. The molecule has 1 aromatic heterocycles. The van der Waals surface area contributed by atoms with Crippen LogP contribution in [-0.2, 0) is 0 Å². The molecule has 0 spiro atoms. The first-order chi connectivity index (χ1) is 17.4. The Hall–Kier alpha value is -2.04. The van der Waals surface area contributed by atoms with Crippen molar-refractivity contribution in [3.8, 4) is 0 Å². The van der Waals surface area contributed by atoms with E-state index in [1.165, 1.54) is 40.3 Å². The van der Waals surface area contributed by atoms with Crippen molar-refractivity contribution < 1.29 is 9.50 Å². The van der Waals surface area contributed by atoms with E-state index in [9.17, 15) is 9.50 Å². The Morgan fingerprint density at radius 2 is 2.00 bits per heavy atom. The van der Waals surface area contributed by atoms with Crippen LogP contribution in [0.5, 0.6) is 0 Å². The van der Waals surface area contributed by atoms with Crippen LogP contribution in [0.2, 0.25) is 0 Å². The minimum atomic E-state index is -0.713. The highest BCUT2D eigenvalue weighted by atomic mass is 19.1. The van der Waals surface area contributed by atoms with Gasteiger partial charge in [0, 0.05) is 36.9 Å². The standard InChI is InChI=1S/C32H39FN2O/c1-31-12-8-22-17-25-4-5-27(35-15-11-26(33)20-35)18-32(25,36)13-9-28(22)30(31)7-6-29(31)23-3-2-21-10-14-34-19-24(21)16-23/h2-3,8,10,14,16-17,19,26-30,36H,4-7,9,11-13,15,18,20H2,1H3. The van der Waals surface area contributed by atoms with Crippen LogP contribution in [-0.4, -0.2) is 45.9 Å². The molecule has 36 heavy (non-hydrogen) atoms. The Bertz CT molecular complexity index is 1240. The van der Waals surface area contributed by atoms with Crippen molar-refractivity contribution in [3.05, 3.63) is 65.5 Å². The highest BCUT2D eigenvalue weighted by molar-refractivity contribution is 5.82. The van der Waals surface area contributed by atoms with E-state index in [1.807, 2.05) is 12.4 Å². The topological polar surface area (TPSA) is 36.4 Å². The van der Waals surface area contributed by atoms with Crippen LogP contribution in [0.4, 0.5) is 4.39 Å². The zero-order valence-electron chi connectivity index (χ0n) is 21.5. The maximum atomic E-state index is 13.9. The van der Waals surface area contributed by atoms with Gasteiger partial charge in [0.2, 0.25) is 0 Å². The Balaban J connectivity index is 1.15. The summed E-state index contributed by atoms with van der Waals surface area (Å²) in [5, 5.41) is 14.4. The van der Waals surface area contributed by atoms with E-state index in [1.54, 1.807) is 0 Å². The minimum Gasteiger partial charge on any atom is -0.385 e. The molecular weight excluding hydrogens is 447 g/mol. The molecule has 190 valence electrons. The molecule has 0 bridgehead atoms. The van der Waals surface area contributed by atoms with Crippen molar-refractivity contribution in [2.45, 2.75) is 88.4 Å². The molecule has 1 N–H and O–H groups in total. The summed E-state index contributed by atoms with van der Waals surface area (Å²) in [7, 11) is 0. The second-order valence-electron chi connectivity index (χ2n) is 12.8. The fraction of sp³-hybridized carbons (Fsp3) is 0.594. The third kappa shape index (κ3) is 3.62. The smallest absolute Gasteiger partial charge is 0.114 e. The maximum absolute atomic E-state index is 13.9. The quantitative estimate of drug-likeness (QED) is 0.511. The Kier molecular flexibility index (Phi) is 5.45. The summed E-state index contributed by atoms with van der Waals surface area (Å²) in [6, 6.07) is 9.43. The van der Waals surface area contributed by atoms with Gasteiger partial charge in [0.25, 0.3) is 0 Å². The zero-order chi connectivity index (χ0) is 24.5. The van der Waals surface area contributed by atoms with E-state index >= 15 is 0 Å². The van der Waals surface area contributed by atoms with Gasteiger partial charge in [-0.3, -0.25) is 9.88 Å². The number of hydrogen-bond acceptors (Lipinski definition) is 3. The maximum Gasteiger partial charge on any atom is 0.114 e. The van der Waals surface area contributed by atoms with Gasteiger partial charge in [-0.2, -0.15) is 0 Å². The number of aromatic nitrogens is 1. The van der Waals surface area contributed by atoms with Gasteiger partial charge in [0.05, 0.1) is 5.60 Å². The van der Waals surface area contributed by atoms with Crippen LogP contribution in [0.15, 0.2) is 60.0 Å². The van der Waals surface area contributed by atoms with Gasteiger partial charge in [0.1, 0.15) is 6.17 Å². The molecule has 7 rings (SSSR count). The number of hydrogen-bond donors (Lipinski definition) is 1. The van der Waals surface area contributed by atoms with E-state index in [2.05, 4.69) is 53.2 Å². The number of rotatable bonds is 2. The second kappa shape index (κ2) is 8.49. The number of alkyl halides is 1.